The predicted octanol–water partition coefficient (Wildman–Crippen LogP) is 2.95. The van der Waals surface area contributed by atoms with Gasteiger partial charge in [-0.15, -0.1) is 0 Å². The van der Waals surface area contributed by atoms with Gasteiger partial charge < -0.3 is 5.32 Å². The maximum absolute atomic E-state index is 3.84. The van der Waals surface area contributed by atoms with Crippen LogP contribution in [0, 0.1) is 11.3 Å². The van der Waals surface area contributed by atoms with E-state index in [4.69, 9.17) is 0 Å². The normalized spacial score (nSPS) is 42.2. The average molecular weight is 181 g/mol. The van der Waals surface area contributed by atoms with Gasteiger partial charge in [0.2, 0.25) is 0 Å². The van der Waals surface area contributed by atoms with Gasteiger partial charge in [0.25, 0.3) is 0 Å². The third kappa shape index (κ3) is 1.90. The quantitative estimate of drug-likeness (QED) is 0.706. The molecule has 76 valence electrons. The van der Waals surface area contributed by atoms with E-state index in [1.165, 1.54) is 32.1 Å². The van der Waals surface area contributed by atoms with E-state index in [-0.39, 0.29) is 0 Å². The van der Waals surface area contributed by atoms with Crippen molar-refractivity contribution >= 4 is 0 Å². The van der Waals surface area contributed by atoms with E-state index in [0.29, 0.717) is 5.41 Å². The lowest BCUT2D eigenvalue weighted by molar-refractivity contribution is 0.369. The molecule has 0 amide bonds. The smallest absolute Gasteiger partial charge is 0.0127 e. The van der Waals surface area contributed by atoms with E-state index in [2.05, 4.69) is 26.1 Å². The molecule has 2 rings (SSSR count). The average Bonchev–Trinajstić information content (AvgIpc) is 2.50. The fourth-order valence-corrected chi connectivity index (χ4v) is 2.76. The molecule has 0 bridgehead atoms. The molecule has 1 N–H and O–H groups in total. The summed E-state index contributed by atoms with van der Waals surface area (Å²) < 4.78 is 0. The number of nitrogens with one attached hydrogen (secondary N) is 1. The number of rotatable bonds is 3. The molecule has 2 aliphatic rings. The van der Waals surface area contributed by atoms with Gasteiger partial charge >= 0.3 is 0 Å². The molecule has 2 saturated carbocycles. The molecule has 1 nitrogen and oxygen atoms in total. The molecule has 0 spiro atoms. The van der Waals surface area contributed by atoms with Gasteiger partial charge in [-0.05, 0) is 30.6 Å². The molecule has 3 atom stereocenters. The summed E-state index contributed by atoms with van der Waals surface area (Å²) in [5.41, 5.74) is 0.598. The Kier molecular flexibility index (Phi) is 2.39. The van der Waals surface area contributed by atoms with Gasteiger partial charge in [-0.1, -0.05) is 33.6 Å². The standard InChI is InChI=1S/C12H23N/c1-4-9-6-5-7-10(9)13-11-8-12(11,2)3/h9-11,13H,4-8H2,1-3H3. The zero-order chi connectivity index (χ0) is 9.47. The minimum atomic E-state index is 0.598. The van der Waals surface area contributed by atoms with Gasteiger partial charge in [-0.2, -0.15) is 0 Å². The third-order valence-corrected chi connectivity index (χ3v) is 4.11. The summed E-state index contributed by atoms with van der Waals surface area (Å²) in [7, 11) is 0. The largest absolute Gasteiger partial charge is 0.310 e. The monoisotopic (exact) mass is 181 g/mol. The molecule has 0 saturated heterocycles. The first-order valence-corrected chi connectivity index (χ1v) is 5.89. The highest BCUT2D eigenvalue weighted by atomic mass is 15.0. The molecule has 0 heterocycles. The van der Waals surface area contributed by atoms with E-state index in [1.807, 2.05) is 0 Å². The summed E-state index contributed by atoms with van der Waals surface area (Å²) in [6.45, 7) is 7.09. The Labute approximate surface area is 82.3 Å². The first-order valence-electron chi connectivity index (χ1n) is 5.89. The lowest BCUT2D eigenvalue weighted by Crippen LogP contribution is -2.35. The van der Waals surface area contributed by atoms with Gasteiger partial charge in [0, 0.05) is 12.1 Å². The highest BCUT2D eigenvalue weighted by molar-refractivity contribution is 5.03. The lowest BCUT2D eigenvalue weighted by atomic mass is 10.0. The van der Waals surface area contributed by atoms with Crippen molar-refractivity contribution in [3.63, 3.8) is 0 Å². The van der Waals surface area contributed by atoms with Crippen LogP contribution in [0.25, 0.3) is 0 Å². The van der Waals surface area contributed by atoms with Crippen LogP contribution in [-0.2, 0) is 0 Å². The SMILES string of the molecule is CCC1CCCC1NC1CC1(C)C. The molecule has 2 fully saturated rings. The van der Waals surface area contributed by atoms with Gasteiger partial charge in [0.1, 0.15) is 0 Å². The summed E-state index contributed by atoms with van der Waals surface area (Å²) in [5.74, 6) is 0.969. The minimum Gasteiger partial charge on any atom is -0.310 e. The minimum absolute atomic E-state index is 0.598. The Morgan fingerprint density at radius 2 is 2.00 bits per heavy atom. The van der Waals surface area contributed by atoms with E-state index in [0.717, 1.165) is 18.0 Å². The van der Waals surface area contributed by atoms with Crippen LogP contribution in [0.4, 0.5) is 0 Å². The zero-order valence-corrected chi connectivity index (χ0v) is 9.27. The van der Waals surface area contributed by atoms with Crippen LogP contribution in [0.2, 0.25) is 0 Å². The van der Waals surface area contributed by atoms with Crippen molar-refractivity contribution in [2.45, 2.75) is 65.0 Å². The summed E-state index contributed by atoms with van der Waals surface area (Å²) in [6.07, 6.45) is 7.08. The van der Waals surface area contributed by atoms with Crippen LogP contribution in [0.5, 0.6) is 0 Å². The second-order valence-electron chi connectivity index (χ2n) is 5.62. The van der Waals surface area contributed by atoms with Crippen molar-refractivity contribution in [2.75, 3.05) is 0 Å². The van der Waals surface area contributed by atoms with Gasteiger partial charge in [0.05, 0.1) is 0 Å². The van der Waals surface area contributed by atoms with Gasteiger partial charge in [-0.3, -0.25) is 0 Å². The van der Waals surface area contributed by atoms with Crippen LogP contribution < -0.4 is 5.32 Å². The molecule has 0 aliphatic heterocycles. The van der Waals surface area contributed by atoms with E-state index in [9.17, 15) is 0 Å². The Balaban J connectivity index is 1.81. The zero-order valence-electron chi connectivity index (χ0n) is 9.27. The van der Waals surface area contributed by atoms with E-state index >= 15 is 0 Å². The Morgan fingerprint density at radius 3 is 2.54 bits per heavy atom. The molecule has 2 aliphatic carbocycles. The first kappa shape index (κ1) is 9.51. The molecule has 0 aromatic rings. The Hall–Kier alpha value is -0.0400. The fraction of sp³-hybridized carbons (Fsp3) is 1.00. The molecule has 3 unspecified atom stereocenters. The van der Waals surface area contributed by atoms with Crippen molar-refractivity contribution in [1.82, 2.24) is 5.32 Å². The first-order chi connectivity index (χ1) is 6.13. The predicted molar refractivity (Wildman–Crippen MR) is 56.7 cm³/mol. The Morgan fingerprint density at radius 1 is 1.31 bits per heavy atom. The molecular weight excluding hydrogens is 158 g/mol. The van der Waals surface area contributed by atoms with Gasteiger partial charge in [-0.25, -0.2) is 0 Å². The molecule has 13 heavy (non-hydrogen) atoms. The van der Waals surface area contributed by atoms with Crippen molar-refractivity contribution in [3.05, 3.63) is 0 Å². The van der Waals surface area contributed by atoms with E-state index in [1.54, 1.807) is 0 Å². The van der Waals surface area contributed by atoms with Crippen LogP contribution in [0.15, 0.2) is 0 Å². The van der Waals surface area contributed by atoms with Crippen LogP contribution in [0.1, 0.15) is 52.9 Å². The highest BCUT2D eigenvalue weighted by Crippen LogP contribution is 2.46. The van der Waals surface area contributed by atoms with Crippen molar-refractivity contribution < 1.29 is 0 Å². The van der Waals surface area contributed by atoms with Crippen LogP contribution in [-0.4, -0.2) is 12.1 Å². The highest BCUT2D eigenvalue weighted by Gasteiger charge is 2.47. The summed E-state index contributed by atoms with van der Waals surface area (Å²) >= 11 is 0. The topological polar surface area (TPSA) is 12.0 Å². The number of hydrogen-bond donors (Lipinski definition) is 1. The van der Waals surface area contributed by atoms with Crippen molar-refractivity contribution in [2.24, 2.45) is 11.3 Å². The van der Waals surface area contributed by atoms with Crippen molar-refractivity contribution in [3.8, 4) is 0 Å². The lowest BCUT2D eigenvalue weighted by Gasteiger charge is -2.20. The molecule has 0 radical (unpaired) electrons. The third-order valence-electron chi connectivity index (χ3n) is 4.11. The molecular formula is C12H23N. The summed E-state index contributed by atoms with van der Waals surface area (Å²) in [4.78, 5) is 0. The molecule has 1 heteroatoms. The number of hydrogen-bond acceptors (Lipinski definition) is 1. The molecule has 0 aromatic carbocycles. The van der Waals surface area contributed by atoms with Gasteiger partial charge in [0.15, 0.2) is 0 Å². The maximum atomic E-state index is 3.84. The van der Waals surface area contributed by atoms with Crippen LogP contribution >= 0.6 is 0 Å². The second-order valence-corrected chi connectivity index (χ2v) is 5.62. The maximum Gasteiger partial charge on any atom is 0.0127 e. The summed E-state index contributed by atoms with van der Waals surface area (Å²) in [5, 5.41) is 3.84. The van der Waals surface area contributed by atoms with Crippen molar-refractivity contribution in [1.29, 1.82) is 0 Å². The summed E-state index contributed by atoms with van der Waals surface area (Å²) in [6, 6.07) is 1.67. The Bertz CT molecular complexity index is 186. The molecule has 0 aromatic heterocycles. The second kappa shape index (κ2) is 3.27. The van der Waals surface area contributed by atoms with E-state index < -0.39 is 0 Å². The van der Waals surface area contributed by atoms with Crippen LogP contribution in [0.3, 0.4) is 0 Å². The fourth-order valence-electron chi connectivity index (χ4n) is 2.76.